The zero-order chi connectivity index (χ0) is 16.9. The number of halogens is 2. The highest BCUT2D eigenvalue weighted by Gasteiger charge is 2.47. The lowest BCUT2D eigenvalue weighted by atomic mass is 9.76. The first kappa shape index (κ1) is 20.0. The summed E-state index contributed by atoms with van der Waals surface area (Å²) in [6, 6.07) is 0. The summed E-state index contributed by atoms with van der Waals surface area (Å²) in [5, 5.41) is -4.52. The molecule has 0 aliphatic carbocycles. The molecule has 0 rings (SSSR count). The number of carbonyl (C=O) groups excluding carboxylic acids is 1. The van der Waals surface area contributed by atoms with Crippen LogP contribution >= 0.6 is 0 Å². The van der Waals surface area contributed by atoms with Crippen LogP contribution in [0.3, 0.4) is 0 Å². The highest BCUT2D eigenvalue weighted by molar-refractivity contribution is 7.86. The van der Waals surface area contributed by atoms with Crippen molar-refractivity contribution >= 4 is 16.1 Å². The van der Waals surface area contributed by atoms with E-state index in [1.54, 1.807) is 13.8 Å². The zero-order valence-electron chi connectivity index (χ0n) is 12.5. The Labute approximate surface area is 124 Å². The topological polar surface area (TPSA) is 80.7 Å². The Hall–Kier alpha value is -1.02. The lowest BCUT2D eigenvalue weighted by molar-refractivity contribution is -0.162. The molecule has 0 atom stereocenters. The third kappa shape index (κ3) is 5.03. The molecule has 0 aromatic carbocycles. The molecular weight excluding hydrogens is 306 g/mol. The molecule has 5 nitrogen and oxygen atoms in total. The molecule has 1 N–H and O–H groups in total. The van der Waals surface area contributed by atoms with Crippen molar-refractivity contribution in [3.8, 4) is 0 Å². The van der Waals surface area contributed by atoms with E-state index in [4.69, 9.17) is 4.55 Å². The van der Waals surface area contributed by atoms with Crippen molar-refractivity contribution in [1.29, 1.82) is 0 Å². The van der Waals surface area contributed by atoms with Gasteiger partial charge in [-0.1, -0.05) is 32.9 Å². The van der Waals surface area contributed by atoms with Crippen LogP contribution in [0, 0.1) is 5.41 Å². The molecule has 0 aliphatic rings. The van der Waals surface area contributed by atoms with Crippen LogP contribution in [0.15, 0.2) is 12.2 Å². The maximum absolute atomic E-state index is 13.1. The molecule has 0 bridgehead atoms. The molecule has 0 saturated heterocycles. The number of hydrogen-bond donors (Lipinski definition) is 1. The van der Waals surface area contributed by atoms with Crippen molar-refractivity contribution in [2.24, 2.45) is 5.41 Å². The molecule has 0 spiro atoms. The standard InChI is InChI=1S/C13H22F2O5S/c1-5-10(4)8-12(6-2,7-3)11(16)20-9-13(14,15)21(17,18)19/h4-9H2,1-3H3,(H,17,18,19). The van der Waals surface area contributed by atoms with E-state index in [9.17, 15) is 22.0 Å². The van der Waals surface area contributed by atoms with Crippen LogP contribution in [0.2, 0.25) is 0 Å². The molecule has 0 aromatic rings. The lowest BCUT2D eigenvalue weighted by Crippen LogP contribution is -2.39. The van der Waals surface area contributed by atoms with E-state index >= 15 is 0 Å². The molecule has 0 aliphatic heterocycles. The van der Waals surface area contributed by atoms with Gasteiger partial charge in [0.1, 0.15) is 0 Å². The molecular formula is C13H22F2O5S. The molecule has 124 valence electrons. The van der Waals surface area contributed by atoms with Gasteiger partial charge in [-0.2, -0.15) is 17.2 Å². The van der Waals surface area contributed by atoms with Gasteiger partial charge in [0.05, 0.1) is 5.41 Å². The van der Waals surface area contributed by atoms with Gasteiger partial charge >= 0.3 is 21.3 Å². The summed E-state index contributed by atoms with van der Waals surface area (Å²) in [4.78, 5) is 12.1. The fourth-order valence-electron chi connectivity index (χ4n) is 1.84. The van der Waals surface area contributed by atoms with E-state index in [0.717, 1.165) is 5.57 Å². The predicted molar refractivity (Wildman–Crippen MR) is 74.5 cm³/mol. The Kier molecular flexibility index (Phi) is 6.95. The van der Waals surface area contributed by atoms with Crippen LogP contribution in [0.1, 0.15) is 46.5 Å². The van der Waals surface area contributed by atoms with Gasteiger partial charge < -0.3 is 4.74 Å². The van der Waals surface area contributed by atoms with Crippen LogP contribution in [-0.4, -0.2) is 30.8 Å². The fourth-order valence-corrected chi connectivity index (χ4v) is 2.05. The first-order valence-corrected chi connectivity index (χ1v) is 8.08. The summed E-state index contributed by atoms with van der Waals surface area (Å²) in [6.07, 6.45) is 1.61. The second-order valence-electron chi connectivity index (χ2n) is 4.96. The number of rotatable bonds is 9. The van der Waals surface area contributed by atoms with Crippen molar-refractivity contribution in [2.75, 3.05) is 6.61 Å². The Morgan fingerprint density at radius 1 is 1.24 bits per heavy atom. The third-order valence-electron chi connectivity index (χ3n) is 3.62. The molecule has 0 fully saturated rings. The number of carbonyl (C=O) groups is 1. The summed E-state index contributed by atoms with van der Waals surface area (Å²) in [5.74, 6) is -0.912. The largest absolute Gasteiger partial charge is 0.458 e. The van der Waals surface area contributed by atoms with E-state index in [-0.39, 0.29) is 6.42 Å². The molecule has 0 unspecified atom stereocenters. The second kappa shape index (κ2) is 7.31. The molecule has 0 aromatic heterocycles. The number of allylic oxidation sites excluding steroid dienone is 1. The van der Waals surface area contributed by atoms with E-state index in [1.807, 2.05) is 6.92 Å². The first-order valence-electron chi connectivity index (χ1n) is 6.64. The zero-order valence-corrected chi connectivity index (χ0v) is 13.3. The number of alkyl halides is 2. The third-order valence-corrected chi connectivity index (χ3v) is 4.50. The van der Waals surface area contributed by atoms with E-state index in [2.05, 4.69) is 11.3 Å². The predicted octanol–water partition coefficient (Wildman–Crippen LogP) is 3.17. The number of hydrogen-bond acceptors (Lipinski definition) is 4. The van der Waals surface area contributed by atoms with Gasteiger partial charge in [-0.15, -0.1) is 0 Å². The van der Waals surface area contributed by atoms with Gasteiger partial charge in [0.25, 0.3) is 0 Å². The average Bonchev–Trinajstić information content (AvgIpc) is 2.40. The molecule has 8 heteroatoms. The average molecular weight is 328 g/mol. The first-order chi connectivity index (χ1) is 9.45. The van der Waals surface area contributed by atoms with Crippen molar-refractivity contribution in [3.63, 3.8) is 0 Å². The van der Waals surface area contributed by atoms with E-state index in [1.165, 1.54) is 0 Å². The summed E-state index contributed by atoms with van der Waals surface area (Å²) < 4.78 is 60.0. The van der Waals surface area contributed by atoms with Gasteiger partial charge in [-0.05, 0) is 25.7 Å². The molecule has 0 heterocycles. The van der Waals surface area contributed by atoms with Gasteiger partial charge in [0, 0.05) is 0 Å². The SMILES string of the molecule is C=C(CC)CC(CC)(CC)C(=O)OCC(F)(F)S(=O)(=O)O. The smallest absolute Gasteiger partial charge is 0.402 e. The van der Waals surface area contributed by atoms with Crippen molar-refractivity contribution in [1.82, 2.24) is 0 Å². The summed E-state index contributed by atoms with van der Waals surface area (Å²) in [6.45, 7) is 7.38. The number of ether oxygens (including phenoxy) is 1. The summed E-state index contributed by atoms with van der Waals surface area (Å²) >= 11 is 0. The van der Waals surface area contributed by atoms with E-state index < -0.39 is 33.4 Å². The quantitative estimate of drug-likeness (QED) is 0.399. The maximum Gasteiger partial charge on any atom is 0.402 e. The van der Waals surface area contributed by atoms with Gasteiger partial charge in [-0.25, -0.2) is 0 Å². The van der Waals surface area contributed by atoms with Crippen molar-refractivity contribution < 1.29 is 31.3 Å². The van der Waals surface area contributed by atoms with Gasteiger partial charge in [-0.3, -0.25) is 9.35 Å². The van der Waals surface area contributed by atoms with Gasteiger partial charge in [0.2, 0.25) is 0 Å². The van der Waals surface area contributed by atoms with E-state index in [0.29, 0.717) is 19.3 Å². The van der Waals surface area contributed by atoms with Crippen LogP contribution in [0.4, 0.5) is 8.78 Å². The Balaban J connectivity index is 5.06. The summed E-state index contributed by atoms with van der Waals surface area (Å²) in [7, 11) is -5.61. The molecule has 21 heavy (non-hydrogen) atoms. The van der Waals surface area contributed by atoms with Crippen molar-refractivity contribution in [2.45, 2.75) is 51.7 Å². The molecule has 0 saturated carbocycles. The van der Waals surface area contributed by atoms with Gasteiger partial charge in [0.15, 0.2) is 6.61 Å². The monoisotopic (exact) mass is 328 g/mol. The van der Waals surface area contributed by atoms with Crippen LogP contribution in [-0.2, 0) is 19.6 Å². The minimum Gasteiger partial charge on any atom is -0.458 e. The Morgan fingerprint density at radius 2 is 1.71 bits per heavy atom. The number of esters is 1. The van der Waals surface area contributed by atoms with Crippen LogP contribution in [0.5, 0.6) is 0 Å². The normalized spacial score (nSPS) is 13.0. The highest BCUT2D eigenvalue weighted by Crippen LogP contribution is 2.36. The lowest BCUT2D eigenvalue weighted by Gasteiger charge is -2.30. The van der Waals surface area contributed by atoms with Crippen molar-refractivity contribution in [3.05, 3.63) is 12.2 Å². The summed E-state index contributed by atoms with van der Waals surface area (Å²) in [5.41, 5.74) is -0.236. The van der Waals surface area contributed by atoms with Crippen LogP contribution < -0.4 is 0 Å². The van der Waals surface area contributed by atoms with Crippen LogP contribution in [0.25, 0.3) is 0 Å². The molecule has 0 amide bonds. The molecule has 0 radical (unpaired) electrons. The Morgan fingerprint density at radius 3 is 2.05 bits per heavy atom. The minimum atomic E-state index is -5.61. The highest BCUT2D eigenvalue weighted by atomic mass is 32.2. The maximum atomic E-state index is 13.1. The fraction of sp³-hybridized carbons (Fsp3) is 0.769. The Bertz CT molecular complexity index is 481. The second-order valence-corrected chi connectivity index (χ2v) is 6.50. The minimum absolute atomic E-state index is 0.285.